The van der Waals surface area contributed by atoms with Gasteiger partial charge in [0.15, 0.2) is 0 Å². The SMILES string of the molecule is NC(=O)[C@H](Cc1ccc2ccccc2c1)NC(=O)[C@@H]1CCCCN1C(=O)[C@H](CSCP(=O)(O)O)NC(=O)Cc1ccccc1Cl. The molecule has 45 heavy (non-hydrogen) atoms. The molecule has 1 saturated heterocycles. The Kier molecular flexibility index (Phi) is 12.0. The van der Waals surface area contributed by atoms with Gasteiger partial charge in [0.2, 0.25) is 23.6 Å². The quantitative estimate of drug-likeness (QED) is 0.172. The van der Waals surface area contributed by atoms with Gasteiger partial charge in [-0.2, -0.15) is 0 Å². The van der Waals surface area contributed by atoms with Gasteiger partial charge in [-0.3, -0.25) is 23.7 Å². The lowest BCUT2D eigenvalue weighted by atomic mass is 9.98. The standard InChI is InChI=1S/C31H36ClN4O7PS/c32-24-10-4-3-9-23(24)17-28(37)34-26(18-45-19-44(41,42)43)31(40)36-14-6-5-11-27(36)30(39)35-25(29(33)38)16-20-12-13-21-7-1-2-8-22(21)15-20/h1-4,7-10,12-13,15,25-27H,5-6,11,14,16-19H2,(H2,33,38)(H,34,37)(H,35,39)(H2,41,42,43)/t25-,26-,27-/m0/s1. The Morgan fingerprint density at radius 2 is 1.69 bits per heavy atom. The van der Waals surface area contributed by atoms with E-state index in [0.717, 1.165) is 28.1 Å². The van der Waals surface area contributed by atoms with Crippen molar-refractivity contribution in [2.45, 2.75) is 50.2 Å². The molecule has 3 aromatic carbocycles. The molecule has 0 spiro atoms. The van der Waals surface area contributed by atoms with Crippen molar-refractivity contribution in [3.8, 4) is 0 Å². The summed E-state index contributed by atoms with van der Waals surface area (Å²) in [6.07, 6.45) is 1.64. The molecule has 6 N–H and O–H groups in total. The lowest BCUT2D eigenvalue weighted by molar-refractivity contribution is -0.145. The van der Waals surface area contributed by atoms with Crippen LogP contribution in [-0.2, 0) is 36.6 Å². The lowest BCUT2D eigenvalue weighted by Crippen LogP contribution is -2.60. The maximum atomic E-state index is 13.9. The van der Waals surface area contributed by atoms with Crippen LogP contribution in [0, 0.1) is 0 Å². The number of nitrogens with zero attached hydrogens (tertiary/aromatic N) is 1. The first-order valence-corrected chi connectivity index (χ1v) is 17.8. The summed E-state index contributed by atoms with van der Waals surface area (Å²) in [7, 11) is -4.38. The number of benzene rings is 3. The zero-order valence-electron chi connectivity index (χ0n) is 24.4. The van der Waals surface area contributed by atoms with Crippen LogP contribution in [0.4, 0.5) is 0 Å². The largest absolute Gasteiger partial charge is 0.368 e. The Morgan fingerprint density at radius 3 is 2.40 bits per heavy atom. The van der Waals surface area contributed by atoms with Gasteiger partial charge in [0.1, 0.15) is 18.1 Å². The molecule has 11 nitrogen and oxygen atoms in total. The Balaban J connectivity index is 1.48. The number of primary amides is 1. The molecule has 14 heteroatoms. The lowest BCUT2D eigenvalue weighted by Gasteiger charge is -2.37. The Labute approximate surface area is 270 Å². The topological polar surface area (TPSA) is 179 Å². The molecule has 4 amide bonds. The van der Waals surface area contributed by atoms with E-state index in [0.29, 0.717) is 29.8 Å². The molecule has 0 bridgehead atoms. The van der Waals surface area contributed by atoms with Crippen LogP contribution in [0.3, 0.4) is 0 Å². The van der Waals surface area contributed by atoms with Crippen molar-refractivity contribution in [3.63, 3.8) is 0 Å². The first-order valence-electron chi connectivity index (χ1n) is 14.4. The van der Waals surface area contributed by atoms with E-state index in [4.69, 9.17) is 17.3 Å². The van der Waals surface area contributed by atoms with Crippen LogP contribution in [0.1, 0.15) is 30.4 Å². The second kappa shape index (κ2) is 15.7. The van der Waals surface area contributed by atoms with Crippen LogP contribution in [0.2, 0.25) is 5.02 Å². The van der Waals surface area contributed by atoms with Crippen LogP contribution in [0.25, 0.3) is 10.8 Å². The predicted octanol–water partition coefficient (Wildman–Crippen LogP) is 2.98. The minimum absolute atomic E-state index is 0.119. The van der Waals surface area contributed by atoms with Gasteiger partial charge in [-0.15, -0.1) is 11.8 Å². The van der Waals surface area contributed by atoms with E-state index in [-0.39, 0.29) is 25.1 Å². The van der Waals surface area contributed by atoms with Gasteiger partial charge in [0.25, 0.3) is 0 Å². The molecule has 3 atom stereocenters. The third kappa shape index (κ3) is 10.0. The summed E-state index contributed by atoms with van der Waals surface area (Å²) in [6, 6.07) is 17.1. The highest BCUT2D eigenvalue weighted by atomic mass is 35.5. The average Bonchev–Trinajstić information content (AvgIpc) is 3.00. The van der Waals surface area contributed by atoms with E-state index in [9.17, 15) is 33.5 Å². The molecule has 1 fully saturated rings. The maximum absolute atomic E-state index is 13.9. The number of carbonyl (C=O) groups is 4. The second-order valence-corrected chi connectivity index (χ2v) is 14.5. The number of rotatable bonds is 13. The molecule has 1 aliphatic rings. The van der Waals surface area contributed by atoms with Crippen molar-refractivity contribution >= 4 is 65.4 Å². The van der Waals surface area contributed by atoms with Gasteiger partial charge >= 0.3 is 7.60 Å². The first-order chi connectivity index (χ1) is 21.4. The molecule has 3 aromatic rings. The molecule has 1 aliphatic heterocycles. The molecule has 0 radical (unpaired) electrons. The van der Waals surface area contributed by atoms with Crippen LogP contribution in [0.15, 0.2) is 66.7 Å². The minimum atomic E-state index is -4.38. The summed E-state index contributed by atoms with van der Waals surface area (Å²) in [5.74, 6) is -2.47. The highest BCUT2D eigenvalue weighted by Crippen LogP contribution is 2.38. The highest BCUT2D eigenvalue weighted by Gasteiger charge is 2.37. The number of hydrogen-bond acceptors (Lipinski definition) is 6. The van der Waals surface area contributed by atoms with Crippen molar-refractivity contribution in [2.24, 2.45) is 5.73 Å². The molecular weight excluding hydrogens is 639 g/mol. The van der Waals surface area contributed by atoms with Gasteiger partial charge in [0, 0.05) is 23.7 Å². The average molecular weight is 675 g/mol. The number of halogens is 1. The molecule has 0 aliphatic carbocycles. The molecule has 4 rings (SSSR count). The van der Waals surface area contributed by atoms with Crippen LogP contribution >= 0.6 is 31.0 Å². The fourth-order valence-electron chi connectivity index (χ4n) is 5.28. The number of carbonyl (C=O) groups excluding carboxylic acids is 4. The normalized spacial score (nSPS) is 16.5. The molecule has 0 saturated carbocycles. The van der Waals surface area contributed by atoms with Crippen molar-refractivity contribution < 1.29 is 33.5 Å². The fraction of sp³-hybridized carbons (Fsp3) is 0.355. The second-order valence-electron chi connectivity index (χ2n) is 10.9. The molecular formula is C31H36ClN4O7PS. The number of amides is 4. The van der Waals surface area contributed by atoms with Crippen LogP contribution < -0.4 is 16.4 Å². The van der Waals surface area contributed by atoms with E-state index in [1.807, 2.05) is 42.5 Å². The first kappa shape index (κ1) is 34.5. The summed E-state index contributed by atoms with van der Waals surface area (Å²) in [5.41, 5.74) is 6.48. The van der Waals surface area contributed by atoms with Crippen LogP contribution in [-0.4, -0.2) is 74.2 Å². The summed E-state index contributed by atoms with van der Waals surface area (Å²) >= 11 is 7.02. The summed E-state index contributed by atoms with van der Waals surface area (Å²) < 4.78 is 11.5. The van der Waals surface area contributed by atoms with E-state index in [2.05, 4.69) is 10.6 Å². The zero-order chi connectivity index (χ0) is 32.6. The van der Waals surface area contributed by atoms with Gasteiger partial charge in [-0.25, -0.2) is 0 Å². The van der Waals surface area contributed by atoms with Crippen molar-refractivity contribution in [1.29, 1.82) is 0 Å². The number of hydrogen-bond donors (Lipinski definition) is 5. The maximum Gasteiger partial charge on any atom is 0.335 e. The Hall–Kier alpha value is -3.41. The van der Waals surface area contributed by atoms with Gasteiger partial charge < -0.3 is 31.1 Å². The molecule has 1 heterocycles. The van der Waals surface area contributed by atoms with Gasteiger partial charge in [0.05, 0.1) is 11.9 Å². The number of thioether (sulfide) groups is 1. The zero-order valence-corrected chi connectivity index (χ0v) is 26.9. The number of piperidine rings is 1. The Morgan fingerprint density at radius 1 is 0.978 bits per heavy atom. The molecule has 0 unspecified atom stereocenters. The highest BCUT2D eigenvalue weighted by molar-refractivity contribution is 8.04. The van der Waals surface area contributed by atoms with E-state index in [1.165, 1.54) is 4.90 Å². The fourth-order valence-corrected chi connectivity index (χ4v) is 7.32. The van der Waals surface area contributed by atoms with E-state index < -0.39 is 54.8 Å². The third-order valence-corrected chi connectivity index (χ3v) is 10.5. The predicted molar refractivity (Wildman–Crippen MR) is 175 cm³/mol. The molecule has 0 aromatic heterocycles. The summed E-state index contributed by atoms with van der Waals surface area (Å²) in [4.78, 5) is 72.9. The Bertz CT molecular complexity index is 1600. The third-order valence-electron chi connectivity index (χ3n) is 7.49. The number of nitrogens with two attached hydrogens (primary N) is 1. The molecule has 240 valence electrons. The van der Waals surface area contributed by atoms with Crippen molar-refractivity contribution in [2.75, 3.05) is 17.8 Å². The van der Waals surface area contributed by atoms with Gasteiger partial charge in [-0.05, 0) is 47.2 Å². The smallest absolute Gasteiger partial charge is 0.335 e. The van der Waals surface area contributed by atoms with Crippen molar-refractivity contribution in [3.05, 3.63) is 82.9 Å². The van der Waals surface area contributed by atoms with Crippen LogP contribution in [0.5, 0.6) is 0 Å². The summed E-state index contributed by atoms with van der Waals surface area (Å²) in [6.45, 7) is 0.225. The number of fused-ring (bicyclic) bond motifs is 1. The van der Waals surface area contributed by atoms with E-state index >= 15 is 0 Å². The summed E-state index contributed by atoms with van der Waals surface area (Å²) in [5, 5.41) is 7.80. The monoisotopic (exact) mass is 674 g/mol. The number of nitrogens with one attached hydrogen (secondary N) is 2. The van der Waals surface area contributed by atoms with Crippen molar-refractivity contribution in [1.82, 2.24) is 15.5 Å². The minimum Gasteiger partial charge on any atom is -0.368 e. The number of likely N-dealkylation sites (tertiary alicyclic amines) is 1. The van der Waals surface area contributed by atoms with Gasteiger partial charge in [-0.1, -0.05) is 72.3 Å². The van der Waals surface area contributed by atoms with E-state index in [1.54, 1.807) is 24.3 Å².